The van der Waals surface area contributed by atoms with Gasteiger partial charge in [-0.05, 0) is 48.8 Å². The van der Waals surface area contributed by atoms with Gasteiger partial charge in [0, 0.05) is 5.56 Å². The van der Waals surface area contributed by atoms with Crippen LogP contribution in [0.15, 0.2) is 76.9 Å². The van der Waals surface area contributed by atoms with Crippen molar-refractivity contribution < 1.29 is 9.59 Å². The van der Waals surface area contributed by atoms with Gasteiger partial charge in [-0.15, -0.1) is 0 Å². The Balaban J connectivity index is 1.90. The maximum Gasteiger partial charge on any atom is 0.281 e. The molecule has 0 unspecified atom stereocenters. The summed E-state index contributed by atoms with van der Waals surface area (Å²) in [6, 6.07) is 16.7. The monoisotopic (exact) mass is 328 g/mol. The van der Waals surface area contributed by atoms with Crippen LogP contribution in [0, 0.1) is 0 Å². The molecular formula is C21H16N2O2. The van der Waals surface area contributed by atoms with Crippen LogP contribution in [-0.4, -0.2) is 17.4 Å². The fourth-order valence-corrected chi connectivity index (χ4v) is 3.26. The van der Waals surface area contributed by atoms with Gasteiger partial charge in [-0.25, -0.2) is 0 Å². The Bertz CT molecular complexity index is 998. The first-order valence-corrected chi connectivity index (χ1v) is 8.09. The molecule has 1 amide bonds. The molecule has 122 valence electrons. The van der Waals surface area contributed by atoms with Crippen molar-refractivity contribution >= 4 is 28.7 Å². The summed E-state index contributed by atoms with van der Waals surface area (Å²) in [4.78, 5) is 25.5. The molecule has 0 radical (unpaired) electrons. The number of Topliss-reactive ketones (excluding diaryl/α,β-unsaturated/α-hetero) is 1. The predicted octanol–water partition coefficient (Wildman–Crippen LogP) is 4.01. The van der Waals surface area contributed by atoms with Crippen LogP contribution >= 0.6 is 0 Å². The van der Waals surface area contributed by atoms with E-state index in [-0.39, 0.29) is 11.7 Å². The first kappa shape index (κ1) is 15.3. The standard InChI is InChI=1S/C21H16N2O2/c1-13-12-18(16-10-6-7-11-17(16)20(13)24)19-14(2)22-23(21(19)25)15-8-4-3-5-9-15/h3-12H,1-2H3/b19-18-. The average molecular weight is 328 g/mol. The Hall–Kier alpha value is -3.27. The third-order valence-electron chi connectivity index (χ3n) is 4.47. The van der Waals surface area contributed by atoms with Crippen molar-refractivity contribution in [2.24, 2.45) is 5.10 Å². The van der Waals surface area contributed by atoms with Crippen LogP contribution in [0.4, 0.5) is 5.69 Å². The lowest BCUT2D eigenvalue weighted by atomic mass is 9.84. The quantitative estimate of drug-likeness (QED) is 0.743. The Morgan fingerprint density at radius 2 is 1.48 bits per heavy atom. The number of para-hydroxylation sites is 1. The smallest absolute Gasteiger partial charge is 0.281 e. The molecule has 1 aliphatic heterocycles. The normalized spacial score (nSPS) is 19.7. The minimum absolute atomic E-state index is 0.0000896. The highest BCUT2D eigenvalue weighted by Crippen LogP contribution is 2.35. The Morgan fingerprint density at radius 3 is 2.20 bits per heavy atom. The Labute approximate surface area is 145 Å². The molecule has 4 rings (SSSR count). The lowest BCUT2D eigenvalue weighted by Crippen LogP contribution is -2.22. The van der Waals surface area contributed by atoms with E-state index in [1.54, 1.807) is 19.1 Å². The van der Waals surface area contributed by atoms with E-state index in [4.69, 9.17) is 0 Å². The summed E-state index contributed by atoms with van der Waals surface area (Å²) in [5, 5.41) is 5.86. The van der Waals surface area contributed by atoms with Crippen LogP contribution in [-0.2, 0) is 4.79 Å². The van der Waals surface area contributed by atoms with E-state index >= 15 is 0 Å². The second kappa shape index (κ2) is 5.67. The van der Waals surface area contributed by atoms with Gasteiger partial charge in [0.2, 0.25) is 0 Å². The molecule has 1 heterocycles. The number of ketones is 1. The number of allylic oxidation sites excluding steroid dienone is 3. The van der Waals surface area contributed by atoms with Gasteiger partial charge in [0.25, 0.3) is 5.91 Å². The average Bonchev–Trinajstić information content (AvgIpc) is 2.93. The van der Waals surface area contributed by atoms with E-state index < -0.39 is 0 Å². The van der Waals surface area contributed by atoms with Crippen LogP contribution in [0.3, 0.4) is 0 Å². The third kappa shape index (κ3) is 2.34. The number of carbonyl (C=O) groups is 2. The summed E-state index contributed by atoms with van der Waals surface area (Å²) >= 11 is 0. The van der Waals surface area contributed by atoms with Crippen molar-refractivity contribution in [3.8, 4) is 0 Å². The summed E-state index contributed by atoms with van der Waals surface area (Å²) in [5.74, 6) is -0.174. The number of amides is 1. The molecule has 0 spiro atoms. The van der Waals surface area contributed by atoms with Crippen LogP contribution in [0.1, 0.15) is 29.8 Å². The fourth-order valence-electron chi connectivity index (χ4n) is 3.26. The van der Waals surface area contributed by atoms with E-state index in [2.05, 4.69) is 5.10 Å². The molecule has 0 saturated heterocycles. The molecule has 4 heteroatoms. The fraction of sp³-hybridized carbons (Fsp3) is 0.0952. The highest BCUT2D eigenvalue weighted by Gasteiger charge is 2.33. The zero-order valence-corrected chi connectivity index (χ0v) is 14.0. The van der Waals surface area contributed by atoms with Gasteiger partial charge in [-0.2, -0.15) is 10.1 Å². The van der Waals surface area contributed by atoms with Crippen molar-refractivity contribution in [1.29, 1.82) is 0 Å². The SMILES string of the molecule is CC1=C/C(=C2/C(=O)N(c3ccccc3)N=C2C)c2ccccc2C1=O. The van der Waals surface area contributed by atoms with Gasteiger partial charge in [0.1, 0.15) is 0 Å². The summed E-state index contributed by atoms with van der Waals surface area (Å²) in [5.41, 5.74) is 4.72. The maximum atomic E-state index is 13.1. The van der Waals surface area contributed by atoms with Crippen LogP contribution in [0.2, 0.25) is 0 Å². The van der Waals surface area contributed by atoms with Gasteiger partial charge < -0.3 is 0 Å². The van der Waals surface area contributed by atoms with Crippen LogP contribution in [0.25, 0.3) is 5.57 Å². The molecule has 0 saturated carbocycles. The number of nitrogens with zero attached hydrogens (tertiary/aromatic N) is 2. The molecule has 4 nitrogen and oxygen atoms in total. The molecule has 1 aliphatic carbocycles. The number of rotatable bonds is 1. The van der Waals surface area contributed by atoms with E-state index in [0.29, 0.717) is 22.4 Å². The predicted molar refractivity (Wildman–Crippen MR) is 98.5 cm³/mol. The van der Waals surface area contributed by atoms with Gasteiger partial charge in [0.15, 0.2) is 5.78 Å². The van der Waals surface area contributed by atoms with E-state index in [1.165, 1.54) is 5.01 Å². The largest absolute Gasteiger partial charge is 0.289 e. The molecule has 25 heavy (non-hydrogen) atoms. The van der Waals surface area contributed by atoms with Crippen LogP contribution in [0.5, 0.6) is 0 Å². The molecule has 2 aromatic rings. The first-order chi connectivity index (χ1) is 12.1. The van der Waals surface area contributed by atoms with E-state index in [1.807, 2.05) is 55.5 Å². The highest BCUT2D eigenvalue weighted by molar-refractivity contribution is 6.35. The van der Waals surface area contributed by atoms with Gasteiger partial charge in [-0.1, -0.05) is 42.5 Å². The zero-order valence-electron chi connectivity index (χ0n) is 14.0. The molecule has 0 atom stereocenters. The summed E-state index contributed by atoms with van der Waals surface area (Å²) < 4.78 is 0. The lowest BCUT2D eigenvalue weighted by molar-refractivity contribution is -0.114. The summed E-state index contributed by atoms with van der Waals surface area (Å²) in [6.45, 7) is 3.60. The van der Waals surface area contributed by atoms with Gasteiger partial charge in [0.05, 0.1) is 17.0 Å². The van der Waals surface area contributed by atoms with Crippen molar-refractivity contribution in [2.45, 2.75) is 13.8 Å². The van der Waals surface area contributed by atoms with Crippen molar-refractivity contribution in [2.75, 3.05) is 5.01 Å². The summed E-state index contributed by atoms with van der Waals surface area (Å²) in [7, 11) is 0. The van der Waals surface area contributed by atoms with Crippen molar-refractivity contribution in [1.82, 2.24) is 0 Å². The number of carbonyl (C=O) groups excluding carboxylic acids is 2. The van der Waals surface area contributed by atoms with E-state index in [9.17, 15) is 9.59 Å². The minimum Gasteiger partial charge on any atom is -0.289 e. The maximum absolute atomic E-state index is 13.1. The number of hydrogen-bond acceptors (Lipinski definition) is 3. The van der Waals surface area contributed by atoms with Crippen LogP contribution < -0.4 is 5.01 Å². The molecular weight excluding hydrogens is 312 g/mol. The molecule has 0 N–H and O–H groups in total. The second-order valence-electron chi connectivity index (χ2n) is 6.13. The summed E-state index contributed by atoms with van der Waals surface area (Å²) in [6.07, 6.45) is 1.80. The number of benzene rings is 2. The zero-order chi connectivity index (χ0) is 17.6. The number of anilines is 1. The molecule has 0 bridgehead atoms. The first-order valence-electron chi connectivity index (χ1n) is 8.09. The molecule has 2 aromatic carbocycles. The Morgan fingerprint density at radius 1 is 0.840 bits per heavy atom. The van der Waals surface area contributed by atoms with Crippen molar-refractivity contribution in [3.63, 3.8) is 0 Å². The third-order valence-corrected chi connectivity index (χ3v) is 4.47. The molecule has 0 fully saturated rings. The molecule has 0 aromatic heterocycles. The second-order valence-corrected chi connectivity index (χ2v) is 6.13. The van der Waals surface area contributed by atoms with Gasteiger partial charge >= 0.3 is 0 Å². The number of hydrogen-bond donors (Lipinski definition) is 0. The minimum atomic E-state index is -0.174. The lowest BCUT2D eigenvalue weighted by Gasteiger charge is -2.18. The topological polar surface area (TPSA) is 49.7 Å². The highest BCUT2D eigenvalue weighted by atomic mass is 16.2. The Kier molecular flexibility index (Phi) is 3.46. The number of hydrazone groups is 1. The van der Waals surface area contributed by atoms with Crippen molar-refractivity contribution in [3.05, 3.63) is 82.9 Å². The van der Waals surface area contributed by atoms with E-state index in [0.717, 1.165) is 16.8 Å². The number of fused-ring (bicyclic) bond motifs is 1. The molecule has 2 aliphatic rings. The van der Waals surface area contributed by atoms with Gasteiger partial charge in [-0.3, -0.25) is 9.59 Å².